The lowest BCUT2D eigenvalue weighted by atomic mass is 10.0. The Hall–Kier alpha value is -3.63. The summed E-state index contributed by atoms with van der Waals surface area (Å²) in [6, 6.07) is 10.7. The van der Waals surface area contributed by atoms with Crippen molar-refractivity contribution in [2.24, 2.45) is 16.6 Å². The molecule has 33 heavy (non-hydrogen) atoms. The SMILES string of the molecule is NC(N)=NOCCOc1ccc2[nH]c(C(=O)NC(CC(=O)O)c3cc(Cl)cc(Cl)c3)cc2c1. The van der Waals surface area contributed by atoms with Crippen LogP contribution >= 0.6 is 23.2 Å². The molecule has 1 aromatic heterocycles. The van der Waals surface area contributed by atoms with E-state index in [2.05, 4.69) is 15.5 Å². The van der Waals surface area contributed by atoms with Gasteiger partial charge in [-0.1, -0.05) is 23.2 Å². The Morgan fingerprint density at radius 3 is 2.48 bits per heavy atom. The van der Waals surface area contributed by atoms with Gasteiger partial charge in [-0.2, -0.15) is 0 Å². The summed E-state index contributed by atoms with van der Waals surface area (Å²) in [7, 11) is 0. The second-order valence-corrected chi connectivity index (χ2v) is 7.83. The zero-order valence-corrected chi connectivity index (χ0v) is 18.7. The number of amides is 1. The fourth-order valence-electron chi connectivity index (χ4n) is 3.08. The number of carboxylic acid groups (broad SMARTS) is 1. The molecule has 0 saturated carbocycles. The van der Waals surface area contributed by atoms with Gasteiger partial charge in [0, 0.05) is 20.9 Å². The van der Waals surface area contributed by atoms with Gasteiger partial charge >= 0.3 is 5.97 Å². The third-order valence-corrected chi connectivity index (χ3v) is 4.86. The highest BCUT2D eigenvalue weighted by Crippen LogP contribution is 2.27. The van der Waals surface area contributed by atoms with E-state index in [0.717, 1.165) is 5.39 Å². The number of fused-ring (bicyclic) bond motifs is 1. The summed E-state index contributed by atoms with van der Waals surface area (Å²) in [4.78, 5) is 32.1. The number of aromatic amines is 1. The minimum absolute atomic E-state index is 0.148. The van der Waals surface area contributed by atoms with Gasteiger partial charge in [0.05, 0.1) is 12.5 Å². The van der Waals surface area contributed by atoms with Crippen molar-refractivity contribution in [3.8, 4) is 5.75 Å². The highest BCUT2D eigenvalue weighted by atomic mass is 35.5. The fraction of sp³-hybridized carbons (Fsp3) is 0.190. The van der Waals surface area contributed by atoms with Crippen LogP contribution in [0.2, 0.25) is 10.0 Å². The third-order valence-electron chi connectivity index (χ3n) is 4.42. The van der Waals surface area contributed by atoms with E-state index >= 15 is 0 Å². The zero-order chi connectivity index (χ0) is 24.0. The first-order chi connectivity index (χ1) is 15.7. The maximum Gasteiger partial charge on any atom is 0.305 e. The number of hydrogen-bond donors (Lipinski definition) is 5. The van der Waals surface area contributed by atoms with Gasteiger partial charge < -0.3 is 36.4 Å². The van der Waals surface area contributed by atoms with E-state index in [1.165, 1.54) is 6.07 Å². The molecule has 0 aliphatic carbocycles. The van der Waals surface area contributed by atoms with Crippen molar-refractivity contribution in [2.45, 2.75) is 12.5 Å². The van der Waals surface area contributed by atoms with Crippen molar-refractivity contribution in [3.63, 3.8) is 0 Å². The Bertz CT molecular complexity index is 1170. The number of rotatable bonds is 10. The Labute approximate surface area is 198 Å². The van der Waals surface area contributed by atoms with Crippen molar-refractivity contribution in [1.29, 1.82) is 0 Å². The lowest BCUT2D eigenvalue weighted by Crippen LogP contribution is -2.30. The molecule has 1 heterocycles. The predicted molar refractivity (Wildman–Crippen MR) is 124 cm³/mol. The molecule has 0 radical (unpaired) electrons. The number of nitrogens with one attached hydrogen (secondary N) is 2. The van der Waals surface area contributed by atoms with Crippen molar-refractivity contribution >= 4 is 51.9 Å². The monoisotopic (exact) mass is 493 g/mol. The number of nitrogens with two attached hydrogens (primary N) is 2. The molecule has 0 spiro atoms. The number of halogens is 2. The first kappa shape index (κ1) is 24.0. The number of ether oxygens (including phenoxy) is 1. The normalized spacial score (nSPS) is 11.6. The van der Waals surface area contributed by atoms with Crippen LogP contribution in [0.15, 0.2) is 47.6 Å². The molecular formula is C21H21Cl2N5O5. The molecule has 1 amide bonds. The number of H-pyrrole nitrogens is 1. The average molecular weight is 494 g/mol. The summed E-state index contributed by atoms with van der Waals surface area (Å²) in [5, 5.41) is 16.8. The minimum Gasteiger partial charge on any atom is -0.490 e. The highest BCUT2D eigenvalue weighted by molar-refractivity contribution is 6.34. The van der Waals surface area contributed by atoms with Crippen LogP contribution < -0.4 is 21.5 Å². The van der Waals surface area contributed by atoms with Crippen LogP contribution in [0.1, 0.15) is 28.5 Å². The first-order valence-electron chi connectivity index (χ1n) is 9.66. The molecule has 3 aromatic rings. The Morgan fingerprint density at radius 1 is 1.09 bits per heavy atom. The molecule has 0 bridgehead atoms. The molecule has 12 heteroatoms. The van der Waals surface area contributed by atoms with Crippen molar-refractivity contribution in [1.82, 2.24) is 10.3 Å². The van der Waals surface area contributed by atoms with E-state index in [9.17, 15) is 14.7 Å². The quantitative estimate of drug-likeness (QED) is 0.125. The molecule has 0 fully saturated rings. The number of aromatic nitrogens is 1. The van der Waals surface area contributed by atoms with Gasteiger partial charge in [-0.05, 0) is 53.2 Å². The molecule has 0 aliphatic rings. The van der Waals surface area contributed by atoms with E-state index in [-0.39, 0.29) is 31.3 Å². The minimum atomic E-state index is -1.08. The summed E-state index contributed by atoms with van der Waals surface area (Å²) in [6.45, 7) is 0.355. The van der Waals surface area contributed by atoms with Gasteiger partial charge in [0.2, 0.25) is 5.96 Å². The summed E-state index contributed by atoms with van der Waals surface area (Å²) < 4.78 is 5.57. The van der Waals surface area contributed by atoms with E-state index in [1.807, 2.05) is 0 Å². The van der Waals surface area contributed by atoms with Gasteiger partial charge in [-0.15, -0.1) is 0 Å². The molecule has 0 saturated heterocycles. The summed E-state index contributed by atoms with van der Waals surface area (Å²) in [5.74, 6) is -1.20. The van der Waals surface area contributed by atoms with Crippen molar-refractivity contribution in [3.05, 3.63) is 63.8 Å². The zero-order valence-electron chi connectivity index (χ0n) is 17.2. The largest absolute Gasteiger partial charge is 0.490 e. The van der Waals surface area contributed by atoms with E-state index in [1.54, 1.807) is 36.4 Å². The molecule has 1 unspecified atom stereocenters. The Kier molecular flexibility index (Phi) is 7.86. The number of aliphatic carboxylic acids is 1. The first-order valence-corrected chi connectivity index (χ1v) is 10.4. The lowest BCUT2D eigenvalue weighted by molar-refractivity contribution is -0.137. The highest BCUT2D eigenvalue weighted by Gasteiger charge is 2.21. The number of nitrogens with zero attached hydrogens (tertiary/aromatic N) is 1. The molecule has 0 aliphatic heterocycles. The number of carboxylic acids is 1. The number of carbonyl (C=O) groups excluding carboxylic acids is 1. The topological polar surface area (TPSA) is 165 Å². The standard InChI is InChI=1S/C21H21Cl2N5O5/c22-13-5-11(6-14(23)9-13)17(10-19(29)30)27-20(31)18-8-12-7-15(1-2-16(12)26-18)32-3-4-33-28-21(24)25/h1-2,5-9,17,26H,3-4,10H2,(H,27,31)(H,29,30)(H4,24,25,28). The van der Waals surface area contributed by atoms with Crippen LogP contribution in [-0.4, -0.2) is 41.1 Å². The Morgan fingerprint density at radius 2 is 1.82 bits per heavy atom. The van der Waals surface area contributed by atoms with Gasteiger partial charge in [-0.25, -0.2) is 0 Å². The molecule has 2 aromatic carbocycles. The van der Waals surface area contributed by atoms with Gasteiger partial charge in [-0.3, -0.25) is 9.59 Å². The third kappa shape index (κ3) is 6.93. The second kappa shape index (κ2) is 10.8. The van der Waals surface area contributed by atoms with E-state index < -0.39 is 17.9 Å². The molecule has 1 atom stereocenters. The van der Waals surface area contributed by atoms with E-state index in [0.29, 0.717) is 26.9 Å². The smallest absolute Gasteiger partial charge is 0.305 e. The molecule has 7 N–H and O–H groups in total. The maximum absolute atomic E-state index is 12.9. The second-order valence-electron chi connectivity index (χ2n) is 6.96. The Balaban J connectivity index is 1.72. The maximum atomic E-state index is 12.9. The lowest BCUT2D eigenvalue weighted by Gasteiger charge is -2.17. The van der Waals surface area contributed by atoms with Crippen LogP contribution in [0.5, 0.6) is 5.75 Å². The van der Waals surface area contributed by atoms with Crippen LogP contribution in [0.4, 0.5) is 0 Å². The van der Waals surface area contributed by atoms with Crippen LogP contribution in [0.25, 0.3) is 10.9 Å². The van der Waals surface area contributed by atoms with Gasteiger partial charge in [0.25, 0.3) is 5.91 Å². The van der Waals surface area contributed by atoms with E-state index in [4.69, 9.17) is 44.2 Å². The van der Waals surface area contributed by atoms with Gasteiger partial charge in [0.15, 0.2) is 6.61 Å². The van der Waals surface area contributed by atoms with Crippen LogP contribution in [0, 0.1) is 0 Å². The summed E-state index contributed by atoms with van der Waals surface area (Å²) in [5.41, 5.74) is 11.8. The average Bonchev–Trinajstić information content (AvgIpc) is 3.15. The molecule has 10 nitrogen and oxygen atoms in total. The number of benzene rings is 2. The molecule has 174 valence electrons. The molecular weight excluding hydrogens is 473 g/mol. The van der Waals surface area contributed by atoms with Crippen LogP contribution in [-0.2, 0) is 9.63 Å². The molecule has 3 rings (SSSR count). The predicted octanol–water partition coefficient (Wildman–Crippen LogP) is 3.00. The van der Waals surface area contributed by atoms with Crippen molar-refractivity contribution in [2.75, 3.05) is 13.2 Å². The van der Waals surface area contributed by atoms with Crippen molar-refractivity contribution < 1.29 is 24.3 Å². The number of oxime groups is 1. The number of hydrogen-bond acceptors (Lipinski definition) is 5. The number of carbonyl (C=O) groups is 2. The van der Waals surface area contributed by atoms with Gasteiger partial charge in [0.1, 0.15) is 18.1 Å². The number of guanidine groups is 1. The van der Waals surface area contributed by atoms with Crippen LogP contribution in [0.3, 0.4) is 0 Å². The summed E-state index contributed by atoms with van der Waals surface area (Å²) >= 11 is 12.1. The fourth-order valence-corrected chi connectivity index (χ4v) is 3.62. The summed E-state index contributed by atoms with van der Waals surface area (Å²) in [6.07, 6.45) is -0.345.